The van der Waals surface area contributed by atoms with Crippen LogP contribution in [0.5, 0.6) is 11.5 Å². The Balaban J connectivity index is 1.84. The van der Waals surface area contributed by atoms with Crippen molar-refractivity contribution in [2.24, 2.45) is 4.99 Å². The minimum Gasteiger partial charge on any atom is -0.490 e. The molecule has 148 valence electrons. The molecule has 0 aromatic heterocycles. The predicted octanol–water partition coefficient (Wildman–Crippen LogP) is 5.30. The fraction of sp³-hybridized carbons (Fsp3) is 0.143. The number of nitrogens with one attached hydrogen (secondary N) is 1. The number of amides is 1. The fourth-order valence-corrected chi connectivity index (χ4v) is 3.61. The Morgan fingerprint density at radius 1 is 1.24 bits per heavy atom. The van der Waals surface area contributed by atoms with Gasteiger partial charge in [-0.25, -0.2) is 4.99 Å². The molecule has 3 rings (SSSR count). The first-order valence-corrected chi connectivity index (χ1v) is 10.2. The monoisotopic (exact) mass is 446 g/mol. The summed E-state index contributed by atoms with van der Waals surface area (Å²) >= 11 is 13.4. The molecule has 5 nitrogen and oxygen atoms in total. The topological polar surface area (TPSA) is 59.9 Å². The third-order valence-corrected chi connectivity index (χ3v) is 5.40. The van der Waals surface area contributed by atoms with Crippen LogP contribution in [0.1, 0.15) is 12.5 Å². The highest BCUT2D eigenvalue weighted by Crippen LogP contribution is 2.35. The molecule has 1 heterocycles. The van der Waals surface area contributed by atoms with Crippen molar-refractivity contribution < 1.29 is 14.3 Å². The second kappa shape index (κ2) is 9.75. The van der Waals surface area contributed by atoms with E-state index in [2.05, 4.69) is 16.2 Å². The summed E-state index contributed by atoms with van der Waals surface area (Å²) in [5.41, 5.74) is 1.26. The standard InChI is InChI=1S/C21H16Cl2N2O3S/c1-3-10-28-16-9-8-13(11-17(16)27-4-2)12-18-20(26)25-21(29-18)24-15-7-5-6-14(22)19(15)23/h1,5-9,11-12H,4,10H2,2H3,(H,24,25,26)/b18-12+. The summed E-state index contributed by atoms with van der Waals surface area (Å²) in [4.78, 5) is 17.2. The molecule has 0 spiro atoms. The molecule has 29 heavy (non-hydrogen) atoms. The van der Waals surface area contributed by atoms with Gasteiger partial charge in [-0.3, -0.25) is 4.79 Å². The van der Waals surface area contributed by atoms with Gasteiger partial charge in [0, 0.05) is 0 Å². The van der Waals surface area contributed by atoms with Crippen LogP contribution in [0.3, 0.4) is 0 Å². The number of nitrogens with zero attached hydrogens (tertiary/aromatic N) is 1. The Kier molecular flexibility index (Phi) is 7.10. The van der Waals surface area contributed by atoms with Gasteiger partial charge in [-0.05, 0) is 54.6 Å². The van der Waals surface area contributed by atoms with Crippen molar-refractivity contribution in [2.75, 3.05) is 13.2 Å². The maximum absolute atomic E-state index is 12.3. The highest BCUT2D eigenvalue weighted by atomic mass is 35.5. The lowest BCUT2D eigenvalue weighted by Gasteiger charge is -2.11. The van der Waals surface area contributed by atoms with Crippen molar-refractivity contribution in [1.29, 1.82) is 0 Å². The number of carbonyl (C=O) groups is 1. The Hall–Kier alpha value is -2.59. The Morgan fingerprint density at radius 2 is 2.07 bits per heavy atom. The first-order valence-electron chi connectivity index (χ1n) is 8.58. The van der Waals surface area contributed by atoms with Gasteiger partial charge in [-0.1, -0.05) is 41.3 Å². The third-order valence-electron chi connectivity index (χ3n) is 3.68. The molecule has 1 amide bonds. The van der Waals surface area contributed by atoms with Gasteiger partial charge >= 0.3 is 0 Å². The van der Waals surface area contributed by atoms with Crippen LogP contribution in [0.4, 0.5) is 5.69 Å². The first-order chi connectivity index (χ1) is 14.0. The number of halogens is 2. The molecule has 2 aromatic rings. The third kappa shape index (κ3) is 5.27. The van der Waals surface area contributed by atoms with Crippen LogP contribution in [0, 0.1) is 12.3 Å². The van der Waals surface area contributed by atoms with Crippen LogP contribution in [-0.4, -0.2) is 24.3 Å². The van der Waals surface area contributed by atoms with Gasteiger partial charge in [0.1, 0.15) is 6.61 Å². The SMILES string of the molecule is C#CCOc1ccc(/C=C2/SC(=Nc3cccc(Cl)c3Cl)NC2=O)cc1OCC. The normalized spacial score (nSPS) is 16.0. The van der Waals surface area contributed by atoms with Crippen molar-refractivity contribution in [3.8, 4) is 23.8 Å². The second-order valence-corrected chi connectivity index (χ2v) is 7.50. The van der Waals surface area contributed by atoms with E-state index >= 15 is 0 Å². The lowest BCUT2D eigenvalue weighted by atomic mass is 10.2. The lowest BCUT2D eigenvalue weighted by Crippen LogP contribution is -2.19. The van der Waals surface area contributed by atoms with E-state index in [1.807, 2.05) is 13.0 Å². The van der Waals surface area contributed by atoms with Crippen molar-refractivity contribution in [1.82, 2.24) is 5.32 Å². The van der Waals surface area contributed by atoms with E-state index in [0.29, 0.717) is 43.9 Å². The summed E-state index contributed by atoms with van der Waals surface area (Å²) < 4.78 is 11.1. The maximum atomic E-state index is 12.3. The minimum absolute atomic E-state index is 0.144. The van der Waals surface area contributed by atoms with Crippen LogP contribution >= 0.6 is 35.0 Å². The molecule has 1 aliphatic rings. The zero-order valence-electron chi connectivity index (χ0n) is 15.4. The molecule has 1 aliphatic heterocycles. The average molecular weight is 447 g/mol. The molecule has 0 unspecified atom stereocenters. The Bertz CT molecular complexity index is 1040. The molecule has 1 saturated heterocycles. The summed E-state index contributed by atoms with van der Waals surface area (Å²) in [6.45, 7) is 2.49. The summed E-state index contributed by atoms with van der Waals surface area (Å²) in [6, 6.07) is 10.5. The molecule has 0 atom stereocenters. The molecule has 1 fully saturated rings. The molecule has 1 N–H and O–H groups in total. The zero-order chi connectivity index (χ0) is 20.8. The number of carbonyl (C=O) groups excluding carboxylic acids is 1. The van der Waals surface area contributed by atoms with E-state index in [0.717, 1.165) is 5.56 Å². The van der Waals surface area contributed by atoms with E-state index in [1.54, 1.807) is 36.4 Å². The summed E-state index contributed by atoms with van der Waals surface area (Å²) in [5.74, 6) is 3.27. The number of amidine groups is 1. The van der Waals surface area contributed by atoms with E-state index < -0.39 is 0 Å². The number of hydrogen-bond acceptors (Lipinski definition) is 5. The van der Waals surface area contributed by atoms with Crippen molar-refractivity contribution in [3.05, 3.63) is 56.9 Å². The molecule has 0 aliphatic carbocycles. The number of benzene rings is 2. The summed E-state index contributed by atoms with van der Waals surface area (Å²) in [6.07, 6.45) is 6.99. The minimum atomic E-state index is -0.252. The smallest absolute Gasteiger partial charge is 0.264 e. The Labute approximate surface area is 183 Å². The van der Waals surface area contributed by atoms with Gasteiger partial charge in [0.25, 0.3) is 5.91 Å². The number of ether oxygens (including phenoxy) is 2. The van der Waals surface area contributed by atoms with E-state index in [4.69, 9.17) is 39.1 Å². The van der Waals surface area contributed by atoms with Gasteiger partial charge in [-0.15, -0.1) is 6.42 Å². The van der Waals surface area contributed by atoms with Crippen LogP contribution in [0.25, 0.3) is 6.08 Å². The number of thioether (sulfide) groups is 1. The highest BCUT2D eigenvalue weighted by Gasteiger charge is 2.24. The summed E-state index contributed by atoms with van der Waals surface area (Å²) in [5, 5.41) is 3.87. The maximum Gasteiger partial charge on any atom is 0.264 e. The van der Waals surface area contributed by atoms with Gasteiger partial charge in [0.15, 0.2) is 16.7 Å². The van der Waals surface area contributed by atoms with Gasteiger partial charge in [0.05, 0.1) is 27.2 Å². The number of rotatable bonds is 6. The quantitative estimate of drug-likeness (QED) is 0.483. The molecule has 2 aromatic carbocycles. The second-order valence-electron chi connectivity index (χ2n) is 5.69. The molecule has 8 heteroatoms. The number of terminal acetylenes is 1. The largest absolute Gasteiger partial charge is 0.490 e. The van der Waals surface area contributed by atoms with Crippen molar-refractivity contribution in [3.63, 3.8) is 0 Å². The van der Waals surface area contributed by atoms with Crippen LogP contribution < -0.4 is 14.8 Å². The van der Waals surface area contributed by atoms with Gasteiger partial charge in [-0.2, -0.15) is 0 Å². The lowest BCUT2D eigenvalue weighted by molar-refractivity contribution is -0.115. The summed E-state index contributed by atoms with van der Waals surface area (Å²) in [7, 11) is 0. The van der Waals surface area contributed by atoms with Crippen molar-refractivity contribution in [2.45, 2.75) is 6.92 Å². The zero-order valence-corrected chi connectivity index (χ0v) is 17.7. The van der Waals surface area contributed by atoms with Crippen LogP contribution in [-0.2, 0) is 4.79 Å². The first kappa shape index (κ1) is 21.1. The molecular formula is C21H16Cl2N2O3S. The highest BCUT2D eigenvalue weighted by molar-refractivity contribution is 8.18. The van der Waals surface area contributed by atoms with Crippen LogP contribution in [0.15, 0.2) is 46.3 Å². The fourth-order valence-electron chi connectivity index (χ4n) is 2.44. The van der Waals surface area contributed by atoms with Crippen LogP contribution in [0.2, 0.25) is 10.0 Å². The number of hydrogen-bond donors (Lipinski definition) is 1. The van der Waals surface area contributed by atoms with E-state index in [1.165, 1.54) is 11.8 Å². The predicted molar refractivity (Wildman–Crippen MR) is 119 cm³/mol. The molecular weight excluding hydrogens is 431 g/mol. The van der Waals surface area contributed by atoms with Gasteiger partial charge in [0.2, 0.25) is 0 Å². The van der Waals surface area contributed by atoms with Crippen molar-refractivity contribution >= 4 is 57.8 Å². The van der Waals surface area contributed by atoms with E-state index in [-0.39, 0.29) is 12.5 Å². The average Bonchev–Trinajstić information content (AvgIpc) is 3.04. The van der Waals surface area contributed by atoms with E-state index in [9.17, 15) is 4.79 Å². The Morgan fingerprint density at radius 3 is 2.83 bits per heavy atom. The molecule has 0 bridgehead atoms. The van der Waals surface area contributed by atoms with Gasteiger partial charge < -0.3 is 14.8 Å². The molecule has 0 radical (unpaired) electrons. The molecule has 0 saturated carbocycles. The number of aliphatic imine (C=N–C) groups is 1.